The Morgan fingerprint density at radius 2 is 0.969 bits per heavy atom. The molecule has 2 atom stereocenters. The van der Waals surface area contributed by atoms with E-state index in [0.717, 1.165) is 26.2 Å². The summed E-state index contributed by atoms with van der Waals surface area (Å²) in [6.07, 6.45) is -4.54. The number of halogens is 14. The molecular formula is C18H24F13I. The van der Waals surface area contributed by atoms with Crippen molar-refractivity contribution in [2.75, 3.05) is 0 Å². The second kappa shape index (κ2) is 11.0. The van der Waals surface area contributed by atoms with Crippen LogP contribution in [0.25, 0.3) is 0 Å². The highest BCUT2D eigenvalue weighted by Crippen LogP contribution is 2.62. The van der Waals surface area contributed by atoms with E-state index >= 15 is 0 Å². The first-order chi connectivity index (χ1) is 14.2. The van der Waals surface area contributed by atoms with Crippen molar-refractivity contribution in [3.63, 3.8) is 0 Å². The molecule has 0 N–H and O–H groups in total. The van der Waals surface area contributed by atoms with Gasteiger partial charge in [-0.15, -0.1) is 0 Å². The van der Waals surface area contributed by atoms with Crippen molar-refractivity contribution in [2.45, 2.75) is 105 Å². The van der Waals surface area contributed by atoms with Crippen LogP contribution in [-0.2, 0) is 0 Å². The van der Waals surface area contributed by atoms with Crippen LogP contribution in [0.4, 0.5) is 57.1 Å². The van der Waals surface area contributed by atoms with Crippen LogP contribution < -0.4 is 0 Å². The predicted octanol–water partition coefficient (Wildman–Crippen LogP) is 9.31. The quantitative estimate of drug-likeness (QED) is 0.0792. The van der Waals surface area contributed by atoms with Gasteiger partial charge in [-0.1, -0.05) is 75.0 Å². The highest BCUT2D eigenvalue weighted by molar-refractivity contribution is 14.1. The molecule has 0 amide bonds. The molecule has 0 bridgehead atoms. The lowest BCUT2D eigenvalue weighted by Gasteiger charge is -2.42. The second-order valence-electron chi connectivity index (χ2n) is 7.51. The van der Waals surface area contributed by atoms with Gasteiger partial charge in [0.05, 0.1) is 0 Å². The number of unbranched alkanes of at least 4 members (excludes halogenated alkanes) is 5. The fraction of sp³-hybridized carbons (Fsp3) is 1.00. The van der Waals surface area contributed by atoms with Gasteiger partial charge in [-0.2, -0.15) is 57.1 Å². The maximum atomic E-state index is 14.4. The summed E-state index contributed by atoms with van der Waals surface area (Å²) in [6.45, 7) is 2.79. The molecule has 0 aliphatic heterocycles. The highest BCUT2D eigenvalue weighted by Gasteiger charge is 2.91. The fourth-order valence-electron chi connectivity index (χ4n) is 3.07. The van der Waals surface area contributed by atoms with Gasteiger partial charge in [0.15, 0.2) is 0 Å². The van der Waals surface area contributed by atoms with Gasteiger partial charge in [-0.3, -0.25) is 0 Å². The first-order valence-corrected chi connectivity index (χ1v) is 11.0. The van der Waals surface area contributed by atoms with E-state index in [-0.39, 0.29) is 12.8 Å². The van der Waals surface area contributed by atoms with Crippen LogP contribution in [0.2, 0.25) is 0 Å². The molecule has 2 unspecified atom stereocenters. The third-order valence-electron chi connectivity index (χ3n) is 5.13. The third kappa shape index (κ3) is 5.89. The van der Waals surface area contributed by atoms with E-state index in [1.165, 1.54) is 22.6 Å². The Morgan fingerprint density at radius 1 is 0.562 bits per heavy atom. The third-order valence-corrected chi connectivity index (χ3v) is 6.62. The van der Waals surface area contributed by atoms with Crippen molar-refractivity contribution in [3.05, 3.63) is 0 Å². The minimum absolute atomic E-state index is 0.197. The summed E-state index contributed by atoms with van der Waals surface area (Å²) in [4.78, 5) is 0. The molecule has 0 spiro atoms. The van der Waals surface area contributed by atoms with Gasteiger partial charge < -0.3 is 0 Å². The summed E-state index contributed by atoms with van der Waals surface area (Å²) in [5, 5.41) is 0. The standard InChI is InChI=1S/C18H24F13I/c1-3-5-6-7-8-9-10-12(32)11(4-2)13(19,20)14(21,22)15(23,24)16(25,26)17(27,28)18(29,30)31/h11-12H,3-10H2,1-2H3. The molecule has 0 nitrogen and oxygen atoms in total. The van der Waals surface area contributed by atoms with Crippen LogP contribution in [-0.4, -0.2) is 39.7 Å². The molecule has 14 heteroatoms. The van der Waals surface area contributed by atoms with Crippen LogP contribution in [0, 0.1) is 5.92 Å². The Bertz CT molecular complexity index is 572. The van der Waals surface area contributed by atoms with E-state index in [2.05, 4.69) is 0 Å². The SMILES string of the molecule is CCCCCCCCC(I)C(CC)C(F)(F)C(F)(F)C(F)(F)C(F)(F)C(F)(F)C(F)(F)F. The van der Waals surface area contributed by atoms with E-state index in [9.17, 15) is 57.1 Å². The number of rotatable bonds is 14. The monoisotopic (exact) mass is 614 g/mol. The predicted molar refractivity (Wildman–Crippen MR) is 100 cm³/mol. The van der Waals surface area contributed by atoms with Crippen molar-refractivity contribution >= 4 is 22.6 Å². The zero-order valence-electron chi connectivity index (χ0n) is 17.1. The molecule has 0 aromatic carbocycles. The van der Waals surface area contributed by atoms with Gasteiger partial charge in [0, 0.05) is 9.84 Å². The summed E-state index contributed by atoms with van der Waals surface area (Å²) in [5.41, 5.74) is 0. The van der Waals surface area contributed by atoms with Crippen LogP contribution >= 0.6 is 22.6 Å². The molecule has 0 aromatic rings. The van der Waals surface area contributed by atoms with Crippen molar-refractivity contribution in [1.82, 2.24) is 0 Å². The summed E-state index contributed by atoms with van der Waals surface area (Å²) in [6, 6.07) is 0. The normalized spacial score (nSPS) is 16.9. The number of alkyl halides is 14. The second-order valence-corrected chi connectivity index (χ2v) is 9.11. The number of hydrogen-bond acceptors (Lipinski definition) is 0. The molecule has 0 saturated carbocycles. The number of hydrogen-bond donors (Lipinski definition) is 0. The molecular weight excluding hydrogens is 590 g/mol. The average molecular weight is 614 g/mol. The van der Waals surface area contributed by atoms with Crippen LogP contribution in [0.3, 0.4) is 0 Å². The van der Waals surface area contributed by atoms with Crippen LogP contribution in [0.5, 0.6) is 0 Å². The molecule has 0 saturated heterocycles. The molecule has 0 radical (unpaired) electrons. The first-order valence-electron chi connectivity index (χ1n) is 9.78. The molecule has 0 rings (SSSR count). The summed E-state index contributed by atoms with van der Waals surface area (Å²) in [5.74, 6) is -39.1. The lowest BCUT2D eigenvalue weighted by molar-refractivity contribution is -0.443. The Hall–Kier alpha value is -0.180. The van der Waals surface area contributed by atoms with E-state index in [1.54, 1.807) is 0 Å². The molecule has 0 heterocycles. The lowest BCUT2D eigenvalue weighted by atomic mass is 9.83. The Kier molecular flexibility index (Phi) is 11.0. The average Bonchev–Trinajstić information content (AvgIpc) is 2.63. The van der Waals surface area contributed by atoms with Crippen molar-refractivity contribution < 1.29 is 57.1 Å². The van der Waals surface area contributed by atoms with E-state index in [4.69, 9.17) is 0 Å². The fourth-order valence-corrected chi connectivity index (χ4v) is 4.48. The summed E-state index contributed by atoms with van der Waals surface area (Å²) in [7, 11) is 0. The molecule has 0 fully saturated rings. The lowest BCUT2D eigenvalue weighted by Crippen LogP contribution is -2.71. The Morgan fingerprint density at radius 3 is 1.38 bits per heavy atom. The largest absolute Gasteiger partial charge is 0.460 e. The van der Waals surface area contributed by atoms with Crippen LogP contribution in [0.1, 0.15) is 65.2 Å². The molecule has 32 heavy (non-hydrogen) atoms. The van der Waals surface area contributed by atoms with Crippen molar-refractivity contribution in [2.24, 2.45) is 5.92 Å². The molecule has 0 aliphatic carbocycles. The van der Waals surface area contributed by atoms with E-state index < -0.39 is 52.1 Å². The van der Waals surface area contributed by atoms with E-state index in [1.807, 2.05) is 6.92 Å². The maximum Gasteiger partial charge on any atom is 0.460 e. The van der Waals surface area contributed by atoms with Gasteiger partial charge in [0.25, 0.3) is 0 Å². The van der Waals surface area contributed by atoms with Gasteiger partial charge in [-0.05, 0) is 12.8 Å². The van der Waals surface area contributed by atoms with Crippen LogP contribution in [0.15, 0.2) is 0 Å². The van der Waals surface area contributed by atoms with Gasteiger partial charge in [-0.25, -0.2) is 0 Å². The Labute approximate surface area is 190 Å². The minimum Gasteiger partial charge on any atom is -0.199 e. The summed E-state index contributed by atoms with van der Waals surface area (Å²) < 4.78 is 172. The molecule has 0 aromatic heterocycles. The smallest absolute Gasteiger partial charge is 0.199 e. The topological polar surface area (TPSA) is 0 Å². The zero-order valence-corrected chi connectivity index (χ0v) is 19.3. The molecule has 0 aliphatic rings. The van der Waals surface area contributed by atoms with Crippen molar-refractivity contribution in [1.29, 1.82) is 0 Å². The summed E-state index contributed by atoms with van der Waals surface area (Å²) >= 11 is 1.24. The first kappa shape index (κ1) is 31.8. The van der Waals surface area contributed by atoms with Gasteiger partial charge >= 0.3 is 35.8 Å². The van der Waals surface area contributed by atoms with Gasteiger partial charge in [0.1, 0.15) is 0 Å². The molecule has 194 valence electrons. The minimum atomic E-state index is -7.84. The van der Waals surface area contributed by atoms with E-state index in [0.29, 0.717) is 12.8 Å². The highest BCUT2D eigenvalue weighted by atomic mass is 127. The zero-order chi connectivity index (χ0) is 25.8. The Balaban J connectivity index is 5.83. The van der Waals surface area contributed by atoms with Gasteiger partial charge in [0.2, 0.25) is 0 Å². The van der Waals surface area contributed by atoms with Crippen molar-refractivity contribution in [3.8, 4) is 0 Å². The maximum absolute atomic E-state index is 14.4.